The van der Waals surface area contributed by atoms with Gasteiger partial charge in [0.05, 0.1) is 5.56 Å². The van der Waals surface area contributed by atoms with Crippen molar-refractivity contribution in [3.63, 3.8) is 0 Å². The number of aromatic nitrogens is 2. The van der Waals surface area contributed by atoms with E-state index in [9.17, 15) is 14.9 Å². The smallest absolute Gasteiger partial charge is 0.361 e. The van der Waals surface area contributed by atoms with Crippen LogP contribution < -0.4 is 11.1 Å². The van der Waals surface area contributed by atoms with Crippen LogP contribution in [-0.4, -0.2) is 28.5 Å². The number of rotatable bonds is 4. The van der Waals surface area contributed by atoms with E-state index in [1.807, 2.05) is 0 Å². The molecule has 0 bridgehead atoms. The SMILES string of the molecule is N#Cc1c(NC(=O)COC(=O)c2nccnc2N)sc2c1CCCCC2. The van der Waals surface area contributed by atoms with Crippen LogP contribution in [0.1, 0.15) is 45.8 Å². The fourth-order valence-electron chi connectivity index (χ4n) is 2.82. The lowest BCUT2D eigenvalue weighted by Crippen LogP contribution is -2.22. The molecular formula is C17H17N5O3S. The molecule has 0 unspecified atom stereocenters. The van der Waals surface area contributed by atoms with Gasteiger partial charge in [0.2, 0.25) is 0 Å². The van der Waals surface area contributed by atoms with Crippen LogP contribution in [0.5, 0.6) is 0 Å². The number of nitriles is 1. The van der Waals surface area contributed by atoms with Crippen molar-refractivity contribution in [3.05, 3.63) is 34.1 Å². The van der Waals surface area contributed by atoms with Gasteiger partial charge in [-0.1, -0.05) is 6.42 Å². The number of amides is 1. The van der Waals surface area contributed by atoms with Gasteiger partial charge in [-0.25, -0.2) is 14.8 Å². The molecular weight excluding hydrogens is 354 g/mol. The predicted molar refractivity (Wildman–Crippen MR) is 95.6 cm³/mol. The van der Waals surface area contributed by atoms with Gasteiger partial charge in [-0.05, 0) is 31.2 Å². The molecule has 2 aromatic heterocycles. The highest BCUT2D eigenvalue weighted by atomic mass is 32.1. The van der Waals surface area contributed by atoms with Crippen molar-refractivity contribution >= 4 is 34.0 Å². The Hall–Kier alpha value is -2.99. The number of hydrogen-bond acceptors (Lipinski definition) is 8. The van der Waals surface area contributed by atoms with Crippen molar-refractivity contribution < 1.29 is 14.3 Å². The molecule has 0 aromatic carbocycles. The number of carbonyl (C=O) groups is 2. The first kappa shape index (κ1) is 17.8. The molecule has 0 saturated heterocycles. The zero-order valence-corrected chi connectivity index (χ0v) is 14.8. The zero-order chi connectivity index (χ0) is 18.5. The number of anilines is 2. The number of nitrogens with two attached hydrogens (primary N) is 1. The molecule has 3 N–H and O–H groups in total. The summed E-state index contributed by atoms with van der Waals surface area (Å²) >= 11 is 1.42. The topological polar surface area (TPSA) is 131 Å². The van der Waals surface area contributed by atoms with Crippen molar-refractivity contribution in [2.75, 3.05) is 17.7 Å². The lowest BCUT2D eigenvalue weighted by atomic mass is 10.1. The van der Waals surface area contributed by atoms with E-state index in [-0.39, 0.29) is 11.5 Å². The van der Waals surface area contributed by atoms with Crippen molar-refractivity contribution in [2.24, 2.45) is 0 Å². The van der Waals surface area contributed by atoms with Crippen LogP contribution >= 0.6 is 11.3 Å². The molecule has 8 nitrogen and oxygen atoms in total. The number of fused-ring (bicyclic) bond motifs is 1. The number of nitrogens with zero attached hydrogens (tertiary/aromatic N) is 3. The molecule has 9 heteroatoms. The van der Waals surface area contributed by atoms with E-state index in [1.54, 1.807) is 0 Å². The van der Waals surface area contributed by atoms with Crippen LogP contribution in [0.2, 0.25) is 0 Å². The van der Waals surface area contributed by atoms with Crippen molar-refractivity contribution in [2.45, 2.75) is 32.1 Å². The number of thiophene rings is 1. The normalized spacial score (nSPS) is 13.2. The summed E-state index contributed by atoms with van der Waals surface area (Å²) in [5, 5.41) is 12.6. The molecule has 0 saturated carbocycles. The molecule has 0 spiro atoms. The summed E-state index contributed by atoms with van der Waals surface area (Å²) in [6.07, 6.45) is 7.71. The molecule has 0 radical (unpaired) electrons. The minimum atomic E-state index is -0.826. The van der Waals surface area contributed by atoms with Gasteiger partial charge in [0, 0.05) is 17.3 Å². The minimum Gasteiger partial charge on any atom is -0.451 e. The molecule has 1 aliphatic rings. The largest absolute Gasteiger partial charge is 0.451 e. The van der Waals surface area contributed by atoms with Gasteiger partial charge < -0.3 is 15.8 Å². The van der Waals surface area contributed by atoms with Crippen LogP contribution in [-0.2, 0) is 22.4 Å². The Bertz CT molecular complexity index is 887. The second-order valence-electron chi connectivity index (χ2n) is 5.79. The Kier molecular flexibility index (Phi) is 5.43. The van der Waals surface area contributed by atoms with Crippen LogP contribution in [0.3, 0.4) is 0 Å². The molecule has 2 heterocycles. The van der Waals surface area contributed by atoms with Gasteiger partial charge in [0.15, 0.2) is 18.1 Å². The highest BCUT2D eigenvalue weighted by molar-refractivity contribution is 7.16. The van der Waals surface area contributed by atoms with Crippen molar-refractivity contribution in [3.8, 4) is 6.07 Å². The molecule has 26 heavy (non-hydrogen) atoms. The number of hydrogen-bond donors (Lipinski definition) is 2. The lowest BCUT2D eigenvalue weighted by molar-refractivity contribution is -0.119. The Morgan fingerprint density at radius 2 is 2.04 bits per heavy atom. The van der Waals surface area contributed by atoms with Gasteiger partial charge >= 0.3 is 5.97 Å². The van der Waals surface area contributed by atoms with Crippen LogP contribution in [0.15, 0.2) is 12.4 Å². The molecule has 3 rings (SSSR count). The van der Waals surface area contributed by atoms with E-state index >= 15 is 0 Å². The maximum atomic E-state index is 12.1. The number of aryl methyl sites for hydroxylation is 1. The summed E-state index contributed by atoms with van der Waals surface area (Å²) in [4.78, 5) is 32.7. The average Bonchev–Trinajstić information content (AvgIpc) is 2.79. The summed E-state index contributed by atoms with van der Waals surface area (Å²) in [6.45, 7) is -0.498. The lowest BCUT2D eigenvalue weighted by Gasteiger charge is -2.06. The van der Waals surface area contributed by atoms with E-state index in [1.165, 1.54) is 23.7 Å². The Labute approximate surface area is 154 Å². The van der Waals surface area contributed by atoms with Crippen molar-refractivity contribution in [1.82, 2.24) is 9.97 Å². The van der Waals surface area contributed by atoms with E-state index in [4.69, 9.17) is 10.5 Å². The van der Waals surface area contributed by atoms with E-state index in [0.29, 0.717) is 10.6 Å². The summed E-state index contributed by atoms with van der Waals surface area (Å²) in [7, 11) is 0. The monoisotopic (exact) mass is 371 g/mol. The Balaban J connectivity index is 1.65. The highest BCUT2D eigenvalue weighted by Gasteiger charge is 2.22. The summed E-state index contributed by atoms with van der Waals surface area (Å²) in [5.74, 6) is -1.41. The zero-order valence-electron chi connectivity index (χ0n) is 13.9. The maximum Gasteiger partial charge on any atom is 0.361 e. The highest BCUT2D eigenvalue weighted by Crippen LogP contribution is 2.36. The predicted octanol–water partition coefficient (Wildman–Crippen LogP) is 2.06. The maximum absolute atomic E-state index is 12.1. The first-order chi connectivity index (χ1) is 12.6. The third-order valence-electron chi connectivity index (χ3n) is 4.04. The van der Waals surface area contributed by atoms with E-state index in [2.05, 4.69) is 21.4 Å². The van der Waals surface area contributed by atoms with Gasteiger partial charge in [-0.3, -0.25) is 4.79 Å². The van der Waals surface area contributed by atoms with Gasteiger partial charge in [0.25, 0.3) is 5.91 Å². The van der Waals surface area contributed by atoms with Gasteiger partial charge in [-0.15, -0.1) is 11.3 Å². The average molecular weight is 371 g/mol. The molecule has 2 aromatic rings. The number of nitrogen functional groups attached to an aromatic ring is 1. The fourth-order valence-corrected chi connectivity index (χ4v) is 4.07. The second-order valence-corrected chi connectivity index (χ2v) is 6.90. The Morgan fingerprint density at radius 3 is 2.81 bits per heavy atom. The summed E-state index contributed by atoms with van der Waals surface area (Å²) in [6, 6.07) is 2.19. The van der Waals surface area contributed by atoms with E-state index in [0.717, 1.165) is 42.5 Å². The number of nitrogens with one attached hydrogen (secondary N) is 1. The summed E-state index contributed by atoms with van der Waals surface area (Å²) < 4.78 is 4.93. The van der Waals surface area contributed by atoms with E-state index < -0.39 is 18.5 Å². The molecule has 1 amide bonds. The molecule has 0 aliphatic heterocycles. The van der Waals surface area contributed by atoms with Gasteiger partial charge in [0.1, 0.15) is 11.1 Å². The molecule has 0 atom stereocenters. The Morgan fingerprint density at radius 1 is 1.27 bits per heavy atom. The number of ether oxygens (including phenoxy) is 1. The minimum absolute atomic E-state index is 0.0633. The standard InChI is InChI=1S/C17H17N5O3S/c18-8-11-10-4-2-1-3-5-12(10)26-16(11)22-13(23)9-25-17(24)14-15(19)21-7-6-20-14/h6-7H,1-5,9H2,(H2,19,21)(H,22,23). The molecule has 134 valence electrons. The fraction of sp³-hybridized carbons (Fsp3) is 0.353. The third kappa shape index (κ3) is 3.81. The third-order valence-corrected chi connectivity index (χ3v) is 5.25. The van der Waals surface area contributed by atoms with Crippen LogP contribution in [0.4, 0.5) is 10.8 Å². The van der Waals surface area contributed by atoms with Crippen LogP contribution in [0.25, 0.3) is 0 Å². The second kappa shape index (κ2) is 7.93. The molecule has 0 fully saturated rings. The first-order valence-corrected chi connectivity index (χ1v) is 9.00. The molecule has 1 aliphatic carbocycles. The van der Waals surface area contributed by atoms with Crippen molar-refractivity contribution in [1.29, 1.82) is 5.26 Å². The summed E-state index contributed by atoms with van der Waals surface area (Å²) in [5.41, 5.74) is 6.97. The first-order valence-electron chi connectivity index (χ1n) is 8.18. The quantitative estimate of drug-likeness (QED) is 0.621. The van der Waals surface area contributed by atoms with Crippen LogP contribution in [0, 0.1) is 11.3 Å². The van der Waals surface area contributed by atoms with Gasteiger partial charge in [-0.2, -0.15) is 5.26 Å². The number of esters is 1. The number of carbonyl (C=O) groups excluding carboxylic acids is 2.